The van der Waals surface area contributed by atoms with Gasteiger partial charge in [0.25, 0.3) is 5.91 Å². The van der Waals surface area contributed by atoms with Crippen LogP contribution in [0.15, 0.2) is 89.7 Å². The van der Waals surface area contributed by atoms with Crippen molar-refractivity contribution in [1.82, 2.24) is 10.3 Å². The third kappa shape index (κ3) is 5.48. The van der Waals surface area contributed by atoms with Crippen molar-refractivity contribution in [3.63, 3.8) is 0 Å². The minimum Gasteiger partial charge on any atom is -0.494 e. The standard InChI is InChI=1S/C31H29N3O3S/c1-34(2)27-15-14-26(24-8-3-4-9-25(24)27)29(35)32-17-16-20-6-5-7-23(18-20)22-12-10-21(11-13-22)19-28-30(36)33-31(37)38-28/h3-15,18,36H,16-17,19H2,1-2H3,(H,32,35)(H,33,37). The predicted molar refractivity (Wildman–Crippen MR) is 156 cm³/mol. The molecule has 38 heavy (non-hydrogen) atoms. The molecule has 0 aliphatic carbocycles. The van der Waals surface area contributed by atoms with E-state index in [0.29, 0.717) is 23.4 Å². The zero-order chi connectivity index (χ0) is 26.6. The molecule has 0 radical (unpaired) electrons. The number of nitrogens with zero attached hydrogens (tertiary/aromatic N) is 1. The van der Waals surface area contributed by atoms with Crippen LogP contribution in [0.5, 0.6) is 5.88 Å². The van der Waals surface area contributed by atoms with Crippen LogP contribution in [0.25, 0.3) is 21.9 Å². The molecule has 1 amide bonds. The Hall–Kier alpha value is -4.36. The summed E-state index contributed by atoms with van der Waals surface area (Å²) in [4.78, 5) is 29.3. The molecule has 0 bridgehead atoms. The number of hydrogen-bond acceptors (Lipinski definition) is 5. The van der Waals surface area contributed by atoms with Gasteiger partial charge < -0.3 is 15.3 Å². The fraction of sp³-hybridized carbons (Fsp3) is 0.161. The SMILES string of the molecule is CN(C)c1ccc(C(=O)NCCc2cccc(-c3ccc(Cc4sc(=O)[nH]c4O)cc3)c2)c2ccccc12. The van der Waals surface area contributed by atoms with E-state index in [9.17, 15) is 14.7 Å². The lowest BCUT2D eigenvalue weighted by molar-refractivity contribution is 0.0956. The summed E-state index contributed by atoms with van der Waals surface area (Å²) >= 11 is 1.03. The average molecular weight is 524 g/mol. The fourth-order valence-corrected chi connectivity index (χ4v) is 5.42. The highest BCUT2D eigenvalue weighted by Gasteiger charge is 2.13. The molecule has 0 fully saturated rings. The number of anilines is 1. The minimum absolute atomic E-state index is 0.0531. The van der Waals surface area contributed by atoms with E-state index in [-0.39, 0.29) is 16.7 Å². The number of carbonyl (C=O) groups excluding carboxylic acids is 1. The summed E-state index contributed by atoms with van der Waals surface area (Å²) in [6.07, 6.45) is 1.22. The number of thiazole rings is 1. The number of benzene rings is 4. The number of aromatic amines is 1. The Balaban J connectivity index is 1.24. The molecule has 7 heteroatoms. The van der Waals surface area contributed by atoms with E-state index < -0.39 is 0 Å². The number of nitrogens with one attached hydrogen (secondary N) is 2. The van der Waals surface area contributed by atoms with Gasteiger partial charge in [-0.05, 0) is 46.2 Å². The second kappa shape index (κ2) is 10.9. The maximum Gasteiger partial charge on any atom is 0.307 e. The molecule has 1 aromatic heterocycles. The molecular formula is C31H29N3O3S. The van der Waals surface area contributed by atoms with E-state index in [1.54, 1.807) is 0 Å². The quantitative estimate of drug-likeness (QED) is 0.247. The van der Waals surface area contributed by atoms with Crippen LogP contribution in [0, 0.1) is 0 Å². The number of rotatable bonds is 8. The van der Waals surface area contributed by atoms with E-state index in [1.807, 2.05) is 80.8 Å². The molecule has 0 aliphatic heterocycles. The zero-order valence-corrected chi connectivity index (χ0v) is 22.1. The number of aromatic nitrogens is 1. The smallest absolute Gasteiger partial charge is 0.307 e. The van der Waals surface area contributed by atoms with Crippen LogP contribution < -0.4 is 15.1 Å². The summed E-state index contributed by atoms with van der Waals surface area (Å²) in [7, 11) is 4.01. The first-order chi connectivity index (χ1) is 18.4. The molecule has 5 aromatic rings. The molecule has 0 saturated heterocycles. The molecule has 0 spiro atoms. The van der Waals surface area contributed by atoms with Crippen molar-refractivity contribution in [3.05, 3.63) is 116 Å². The van der Waals surface area contributed by atoms with Crippen molar-refractivity contribution >= 4 is 33.7 Å². The van der Waals surface area contributed by atoms with E-state index in [2.05, 4.69) is 33.4 Å². The number of amides is 1. The largest absolute Gasteiger partial charge is 0.494 e. The van der Waals surface area contributed by atoms with Crippen molar-refractivity contribution in [2.45, 2.75) is 12.8 Å². The van der Waals surface area contributed by atoms with Crippen molar-refractivity contribution < 1.29 is 9.90 Å². The van der Waals surface area contributed by atoms with Crippen LogP contribution in [0.2, 0.25) is 0 Å². The van der Waals surface area contributed by atoms with Gasteiger partial charge >= 0.3 is 4.87 Å². The second-order valence-corrected chi connectivity index (χ2v) is 10.5. The van der Waals surface area contributed by atoms with Gasteiger partial charge in [0.2, 0.25) is 5.88 Å². The molecular weight excluding hydrogens is 494 g/mol. The Labute approximate surface area is 225 Å². The minimum atomic E-state index is -0.252. The normalized spacial score (nSPS) is 11.0. The number of hydrogen-bond donors (Lipinski definition) is 3. The Morgan fingerprint density at radius 1 is 0.895 bits per heavy atom. The van der Waals surface area contributed by atoms with Gasteiger partial charge in [0.15, 0.2) is 0 Å². The van der Waals surface area contributed by atoms with Crippen molar-refractivity contribution in [1.29, 1.82) is 0 Å². The second-order valence-electron chi connectivity index (χ2n) is 9.44. The van der Waals surface area contributed by atoms with Crippen LogP contribution in [0.1, 0.15) is 26.4 Å². The monoisotopic (exact) mass is 523 g/mol. The Kier molecular flexibility index (Phi) is 7.29. The average Bonchev–Trinajstić information content (AvgIpc) is 3.24. The van der Waals surface area contributed by atoms with Crippen molar-refractivity contribution in [3.8, 4) is 17.0 Å². The van der Waals surface area contributed by atoms with Crippen LogP contribution in [-0.4, -0.2) is 36.6 Å². The van der Waals surface area contributed by atoms with Crippen molar-refractivity contribution in [2.75, 3.05) is 25.5 Å². The summed E-state index contributed by atoms with van der Waals surface area (Å²) < 4.78 is 0. The van der Waals surface area contributed by atoms with E-state index in [0.717, 1.165) is 56.5 Å². The molecule has 0 unspecified atom stereocenters. The highest BCUT2D eigenvalue weighted by Crippen LogP contribution is 2.29. The van der Waals surface area contributed by atoms with Gasteiger partial charge in [-0.2, -0.15) is 0 Å². The van der Waals surface area contributed by atoms with Crippen LogP contribution in [0.3, 0.4) is 0 Å². The molecule has 192 valence electrons. The highest BCUT2D eigenvalue weighted by molar-refractivity contribution is 7.09. The zero-order valence-electron chi connectivity index (χ0n) is 21.3. The van der Waals surface area contributed by atoms with Gasteiger partial charge in [0, 0.05) is 43.7 Å². The van der Waals surface area contributed by atoms with Gasteiger partial charge in [-0.3, -0.25) is 14.6 Å². The summed E-state index contributed by atoms with van der Waals surface area (Å²) in [6, 6.07) is 28.3. The van der Waals surface area contributed by atoms with E-state index >= 15 is 0 Å². The van der Waals surface area contributed by atoms with Crippen LogP contribution >= 0.6 is 11.3 Å². The van der Waals surface area contributed by atoms with Gasteiger partial charge in [-0.25, -0.2) is 0 Å². The lowest BCUT2D eigenvalue weighted by atomic mass is 9.99. The maximum absolute atomic E-state index is 13.0. The third-order valence-corrected chi connectivity index (χ3v) is 7.48. The molecule has 0 atom stereocenters. The van der Waals surface area contributed by atoms with Gasteiger partial charge in [-0.15, -0.1) is 0 Å². The highest BCUT2D eigenvalue weighted by atomic mass is 32.1. The van der Waals surface area contributed by atoms with Crippen LogP contribution in [0.4, 0.5) is 5.69 Å². The Morgan fingerprint density at radius 2 is 1.66 bits per heavy atom. The third-order valence-electron chi connectivity index (χ3n) is 6.61. The number of fused-ring (bicyclic) bond motifs is 1. The maximum atomic E-state index is 13.0. The van der Waals surface area contributed by atoms with Gasteiger partial charge in [-0.1, -0.05) is 84.1 Å². The molecule has 4 aromatic carbocycles. The summed E-state index contributed by atoms with van der Waals surface area (Å²) in [5, 5.41) is 14.9. The number of carbonyl (C=O) groups is 1. The lowest BCUT2D eigenvalue weighted by Crippen LogP contribution is -2.26. The first-order valence-corrected chi connectivity index (χ1v) is 13.3. The fourth-order valence-electron chi connectivity index (χ4n) is 4.67. The lowest BCUT2D eigenvalue weighted by Gasteiger charge is -2.17. The number of aromatic hydroxyl groups is 1. The summed E-state index contributed by atoms with van der Waals surface area (Å²) in [6.45, 7) is 0.536. The molecule has 1 heterocycles. The van der Waals surface area contributed by atoms with E-state index in [4.69, 9.17) is 0 Å². The Morgan fingerprint density at radius 3 is 2.37 bits per heavy atom. The Bertz CT molecular complexity index is 1650. The van der Waals surface area contributed by atoms with Crippen LogP contribution in [-0.2, 0) is 12.8 Å². The molecule has 0 saturated carbocycles. The first kappa shape index (κ1) is 25.3. The molecule has 3 N–H and O–H groups in total. The molecule has 0 aliphatic rings. The topological polar surface area (TPSA) is 85.4 Å². The summed E-state index contributed by atoms with van der Waals surface area (Å²) in [5.74, 6) is -0.126. The van der Waals surface area contributed by atoms with Gasteiger partial charge in [0.1, 0.15) is 0 Å². The van der Waals surface area contributed by atoms with Crippen molar-refractivity contribution in [2.24, 2.45) is 0 Å². The first-order valence-electron chi connectivity index (χ1n) is 12.5. The van der Waals surface area contributed by atoms with Gasteiger partial charge in [0.05, 0.1) is 4.88 Å². The molecule has 5 rings (SSSR count). The molecule has 6 nitrogen and oxygen atoms in total. The van der Waals surface area contributed by atoms with E-state index in [1.165, 1.54) is 0 Å². The summed E-state index contributed by atoms with van der Waals surface area (Å²) in [5.41, 5.74) is 6.10. The predicted octanol–water partition coefficient (Wildman–Crippen LogP) is 5.59. The number of H-pyrrole nitrogens is 1.